The Morgan fingerprint density at radius 1 is 1.22 bits per heavy atom. The molecule has 2 aliphatic rings. The van der Waals surface area contributed by atoms with Gasteiger partial charge in [-0.2, -0.15) is 0 Å². The lowest BCUT2D eigenvalue weighted by molar-refractivity contribution is 0.0791. The number of ether oxygens (including phenoxy) is 1. The molecule has 2 aromatic rings. The minimum atomic E-state index is -0.607. The Hall–Kier alpha value is -2.48. The smallest absolute Gasteiger partial charge is 0.320 e. The molecule has 0 unspecified atom stereocenters. The first-order valence-electron chi connectivity index (χ1n) is 9.10. The van der Waals surface area contributed by atoms with Gasteiger partial charge in [0, 0.05) is 43.2 Å². The number of anilines is 1. The van der Waals surface area contributed by atoms with Crippen LogP contribution in [-0.4, -0.2) is 30.9 Å². The van der Waals surface area contributed by atoms with E-state index < -0.39 is 23.1 Å². The van der Waals surface area contributed by atoms with Crippen molar-refractivity contribution < 1.29 is 22.8 Å². The number of hydrogen-bond donors (Lipinski definition) is 2. The van der Waals surface area contributed by atoms with E-state index >= 15 is 0 Å². The molecule has 2 fully saturated rings. The summed E-state index contributed by atoms with van der Waals surface area (Å²) in [4.78, 5) is 12.2. The number of nitrogens with one attached hydrogen (secondary N) is 2. The second-order valence-electron chi connectivity index (χ2n) is 7.21. The molecule has 0 atom stereocenters. The van der Waals surface area contributed by atoms with E-state index in [1.54, 1.807) is 6.07 Å². The van der Waals surface area contributed by atoms with Crippen LogP contribution in [0.25, 0.3) is 0 Å². The number of amides is 2. The number of benzene rings is 1. The molecular weight excluding hydrogens is 356 g/mol. The lowest BCUT2D eigenvalue weighted by Gasteiger charge is -2.18. The number of carbonyl (C=O) groups excluding carboxylic acids is 1. The highest BCUT2D eigenvalue weighted by Crippen LogP contribution is 2.48. The van der Waals surface area contributed by atoms with Crippen molar-refractivity contribution in [2.24, 2.45) is 0 Å². The number of aromatic nitrogens is 1. The molecule has 0 bridgehead atoms. The molecule has 2 N–H and O–H groups in total. The average molecular weight is 377 g/mol. The van der Waals surface area contributed by atoms with E-state index in [0.29, 0.717) is 24.6 Å². The van der Waals surface area contributed by atoms with Crippen molar-refractivity contribution >= 4 is 11.8 Å². The summed E-state index contributed by atoms with van der Waals surface area (Å²) in [6.07, 6.45) is 3.22. The molecule has 2 amide bonds. The third-order valence-corrected chi connectivity index (χ3v) is 5.34. The van der Waals surface area contributed by atoms with Gasteiger partial charge in [0.1, 0.15) is 17.4 Å². The molecule has 1 saturated heterocycles. The van der Waals surface area contributed by atoms with Gasteiger partial charge in [-0.1, -0.05) is 11.2 Å². The second kappa shape index (κ2) is 7.26. The summed E-state index contributed by atoms with van der Waals surface area (Å²) in [7, 11) is 0. The Balaban J connectivity index is 1.33. The zero-order valence-electron chi connectivity index (χ0n) is 14.8. The summed E-state index contributed by atoms with van der Waals surface area (Å²) in [5, 5.41) is 9.27. The van der Waals surface area contributed by atoms with E-state index in [1.807, 2.05) is 0 Å². The SMILES string of the molecule is O=C(NCC1(c2ccc(F)cc2F)CC1)Nc1cc(C2CCOCC2)on1. The maximum absolute atomic E-state index is 14.0. The van der Waals surface area contributed by atoms with Crippen LogP contribution in [0.5, 0.6) is 0 Å². The van der Waals surface area contributed by atoms with Gasteiger partial charge in [0.05, 0.1) is 0 Å². The van der Waals surface area contributed by atoms with Gasteiger partial charge in [-0.05, 0) is 37.3 Å². The summed E-state index contributed by atoms with van der Waals surface area (Å²) >= 11 is 0. The van der Waals surface area contributed by atoms with E-state index in [1.165, 1.54) is 12.1 Å². The molecule has 1 aliphatic heterocycles. The van der Waals surface area contributed by atoms with E-state index in [4.69, 9.17) is 9.26 Å². The fourth-order valence-electron chi connectivity index (χ4n) is 3.54. The zero-order chi connectivity index (χ0) is 18.9. The zero-order valence-corrected chi connectivity index (χ0v) is 14.8. The quantitative estimate of drug-likeness (QED) is 0.833. The molecule has 6 nitrogen and oxygen atoms in total. The number of nitrogens with zero attached hydrogens (tertiary/aromatic N) is 1. The van der Waals surface area contributed by atoms with E-state index in [0.717, 1.165) is 37.5 Å². The van der Waals surface area contributed by atoms with E-state index in [2.05, 4.69) is 15.8 Å². The molecule has 1 aliphatic carbocycles. The van der Waals surface area contributed by atoms with Crippen LogP contribution >= 0.6 is 0 Å². The van der Waals surface area contributed by atoms with Crippen LogP contribution in [0.3, 0.4) is 0 Å². The molecule has 4 rings (SSSR count). The fourth-order valence-corrected chi connectivity index (χ4v) is 3.54. The highest BCUT2D eigenvalue weighted by molar-refractivity contribution is 5.88. The lowest BCUT2D eigenvalue weighted by atomic mass is 9.95. The Morgan fingerprint density at radius 2 is 2.00 bits per heavy atom. The first kappa shape index (κ1) is 17.9. The van der Waals surface area contributed by atoms with Crippen molar-refractivity contribution in [2.45, 2.75) is 37.0 Å². The molecule has 1 aromatic heterocycles. The Morgan fingerprint density at radius 3 is 2.70 bits per heavy atom. The Kier molecular flexibility index (Phi) is 4.82. The summed E-state index contributed by atoms with van der Waals surface area (Å²) in [5.41, 5.74) is -0.0286. The summed E-state index contributed by atoms with van der Waals surface area (Å²) in [6.45, 7) is 1.65. The largest absolute Gasteiger partial charge is 0.381 e. The van der Waals surface area contributed by atoms with E-state index in [9.17, 15) is 13.6 Å². The molecule has 1 saturated carbocycles. The molecule has 0 radical (unpaired) electrons. The maximum Gasteiger partial charge on any atom is 0.320 e. The molecule has 144 valence electrons. The number of carbonyl (C=O) groups is 1. The highest BCUT2D eigenvalue weighted by atomic mass is 19.1. The van der Waals surface area contributed by atoms with Gasteiger partial charge in [0.15, 0.2) is 5.82 Å². The van der Waals surface area contributed by atoms with Crippen LogP contribution in [0.4, 0.5) is 19.4 Å². The minimum absolute atomic E-state index is 0.251. The van der Waals surface area contributed by atoms with Gasteiger partial charge in [0.2, 0.25) is 0 Å². The van der Waals surface area contributed by atoms with Crippen LogP contribution in [0.15, 0.2) is 28.8 Å². The van der Waals surface area contributed by atoms with Gasteiger partial charge in [0.25, 0.3) is 0 Å². The highest BCUT2D eigenvalue weighted by Gasteiger charge is 2.46. The number of urea groups is 1. The molecular formula is C19H21F2N3O3. The van der Waals surface area contributed by atoms with Crippen molar-refractivity contribution in [3.8, 4) is 0 Å². The standard InChI is InChI=1S/C19H21F2N3O3/c20-13-1-2-14(15(21)9-13)19(5-6-19)11-22-18(25)23-17-10-16(27-24-17)12-3-7-26-8-4-12/h1-2,9-10,12H,3-8,11H2,(H2,22,23,24,25). The predicted molar refractivity (Wildman–Crippen MR) is 93.6 cm³/mol. The van der Waals surface area contributed by atoms with Crippen molar-refractivity contribution in [3.05, 3.63) is 47.2 Å². The minimum Gasteiger partial charge on any atom is -0.381 e. The second-order valence-corrected chi connectivity index (χ2v) is 7.21. The molecule has 1 aromatic carbocycles. The third kappa shape index (κ3) is 3.95. The first-order chi connectivity index (χ1) is 13.1. The van der Waals surface area contributed by atoms with Crippen molar-refractivity contribution in [2.75, 3.05) is 25.1 Å². The Labute approximate surface area is 155 Å². The van der Waals surface area contributed by atoms with Gasteiger partial charge in [-0.3, -0.25) is 5.32 Å². The molecule has 0 spiro atoms. The molecule has 8 heteroatoms. The normalized spacial score (nSPS) is 18.9. The predicted octanol–water partition coefficient (Wildman–Crippen LogP) is 3.70. The first-order valence-corrected chi connectivity index (χ1v) is 9.10. The monoisotopic (exact) mass is 377 g/mol. The van der Waals surface area contributed by atoms with Crippen LogP contribution in [0.2, 0.25) is 0 Å². The van der Waals surface area contributed by atoms with Gasteiger partial charge < -0.3 is 14.6 Å². The van der Waals surface area contributed by atoms with Crippen molar-refractivity contribution in [1.29, 1.82) is 0 Å². The van der Waals surface area contributed by atoms with Crippen LogP contribution < -0.4 is 10.6 Å². The van der Waals surface area contributed by atoms with Crippen molar-refractivity contribution in [3.63, 3.8) is 0 Å². The summed E-state index contributed by atoms with van der Waals surface area (Å²) in [6, 6.07) is 4.86. The fraction of sp³-hybridized carbons (Fsp3) is 0.474. The average Bonchev–Trinajstić information content (AvgIpc) is 3.30. The van der Waals surface area contributed by atoms with Gasteiger partial charge in [-0.15, -0.1) is 0 Å². The topological polar surface area (TPSA) is 76.4 Å². The van der Waals surface area contributed by atoms with Gasteiger partial charge in [-0.25, -0.2) is 13.6 Å². The Bertz CT molecular complexity index is 829. The molecule has 27 heavy (non-hydrogen) atoms. The third-order valence-electron chi connectivity index (χ3n) is 5.34. The van der Waals surface area contributed by atoms with Crippen molar-refractivity contribution in [1.82, 2.24) is 10.5 Å². The number of rotatable bonds is 5. The number of hydrogen-bond acceptors (Lipinski definition) is 4. The summed E-state index contributed by atoms with van der Waals surface area (Å²) in [5.74, 6) is 0.143. The van der Waals surface area contributed by atoms with Gasteiger partial charge >= 0.3 is 6.03 Å². The summed E-state index contributed by atoms with van der Waals surface area (Å²) < 4.78 is 37.8. The van der Waals surface area contributed by atoms with Crippen LogP contribution in [-0.2, 0) is 10.2 Å². The lowest BCUT2D eigenvalue weighted by Crippen LogP contribution is -2.35. The van der Waals surface area contributed by atoms with Crippen LogP contribution in [0, 0.1) is 11.6 Å². The maximum atomic E-state index is 14.0. The van der Waals surface area contributed by atoms with Crippen LogP contribution in [0.1, 0.15) is 42.9 Å². The number of halogens is 2. The molecule has 2 heterocycles. The van der Waals surface area contributed by atoms with E-state index in [-0.39, 0.29) is 12.5 Å².